The summed E-state index contributed by atoms with van der Waals surface area (Å²) in [6, 6.07) is 0. The summed E-state index contributed by atoms with van der Waals surface area (Å²) in [6.45, 7) is 3.94. The van der Waals surface area contributed by atoms with Crippen molar-refractivity contribution in [3.8, 4) is 0 Å². The number of ketones is 1. The predicted molar refractivity (Wildman–Crippen MR) is 77.0 cm³/mol. The molecule has 0 spiro atoms. The minimum Gasteiger partial charge on any atom is -0.481 e. The Labute approximate surface area is 125 Å². The number of carboxylic acids is 1. The molecule has 0 aromatic heterocycles. The van der Waals surface area contributed by atoms with Crippen molar-refractivity contribution in [3.05, 3.63) is 0 Å². The van der Waals surface area contributed by atoms with Crippen molar-refractivity contribution in [3.63, 3.8) is 0 Å². The number of methoxy groups -OCH3 is 1. The molecule has 21 heavy (non-hydrogen) atoms. The maximum Gasteiger partial charge on any atom is 0.309 e. The zero-order valence-electron chi connectivity index (χ0n) is 12.9. The molecule has 118 valence electrons. The molecule has 3 unspecified atom stereocenters. The Bertz CT molecular complexity index is 457. The fraction of sp³-hybridized carbons (Fsp3) is 0.875. The highest BCUT2D eigenvalue weighted by molar-refractivity contribution is 5.94. The first-order chi connectivity index (χ1) is 9.96. The van der Waals surface area contributed by atoms with Crippen LogP contribution < -0.4 is 0 Å². The van der Waals surface area contributed by atoms with Gasteiger partial charge in [-0.15, -0.1) is 0 Å². The quantitative estimate of drug-likeness (QED) is 0.852. The van der Waals surface area contributed by atoms with E-state index in [1.54, 1.807) is 7.11 Å². The molecular formula is C16H25NO4. The molecule has 4 rings (SSSR count). The van der Waals surface area contributed by atoms with Gasteiger partial charge in [-0.2, -0.15) is 0 Å². The van der Waals surface area contributed by atoms with E-state index in [0.717, 1.165) is 38.8 Å². The molecule has 0 radical (unpaired) electrons. The molecule has 5 heteroatoms. The molecule has 1 N–H and O–H groups in total. The van der Waals surface area contributed by atoms with Gasteiger partial charge in [0, 0.05) is 18.9 Å². The van der Waals surface area contributed by atoms with Crippen LogP contribution in [-0.2, 0) is 14.3 Å². The van der Waals surface area contributed by atoms with Crippen molar-refractivity contribution in [2.75, 3.05) is 26.8 Å². The summed E-state index contributed by atoms with van der Waals surface area (Å²) in [4.78, 5) is 27.2. The Morgan fingerprint density at radius 1 is 1.38 bits per heavy atom. The molecule has 3 atom stereocenters. The van der Waals surface area contributed by atoms with Crippen molar-refractivity contribution in [1.82, 2.24) is 4.90 Å². The summed E-state index contributed by atoms with van der Waals surface area (Å²) in [5, 5.41) is 9.74. The summed E-state index contributed by atoms with van der Waals surface area (Å²) in [7, 11) is 1.62. The highest BCUT2D eigenvalue weighted by Gasteiger charge is 2.64. The summed E-state index contributed by atoms with van der Waals surface area (Å²) in [5.74, 6) is -0.570. The number of carbonyl (C=O) groups is 2. The highest BCUT2D eigenvalue weighted by atomic mass is 16.5. The average molecular weight is 295 g/mol. The first kappa shape index (κ1) is 15.0. The van der Waals surface area contributed by atoms with Crippen molar-refractivity contribution < 1.29 is 19.4 Å². The van der Waals surface area contributed by atoms with Gasteiger partial charge in [0.2, 0.25) is 0 Å². The Hall–Kier alpha value is -0.940. The minimum absolute atomic E-state index is 0.101. The third kappa shape index (κ3) is 1.90. The maximum atomic E-state index is 13.1. The Morgan fingerprint density at radius 3 is 2.57 bits per heavy atom. The SMILES string of the molecule is COCC1(C2CCCC2(C)C(=O)O)C(=O)C2CCN1CC2. The van der Waals surface area contributed by atoms with Crippen LogP contribution in [-0.4, -0.2) is 54.1 Å². The Balaban J connectivity index is 2.05. The zero-order valence-corrected chi connectivity index (χ0v) is 12.9. The van der Waals surface area contributed by atoms with Crippen LogP contribution in [0.4, 0.5) is 0 Å². The summed E-state index contributed by atoms with van der Waals surface area (Å²) >= 11 is 0. The molecule has 5 nitrogen and oxygen atoms in total. The highest BCUT2D eigenvalue weighted by Crippen LogP contribution is 2.54. The van der Waals surface area contributed by atoms with Crippen LogP contribution in [0.5, 0.6) is 0 Å². The monoisotopic (exact) mass is 295 g/mol. The molecule has 4 aliphatic rings. The Morgan fingerprint density at radius 2 is 2.05 bits per heavy atom. The number of aliphatic carboxylic acids is 1. The van der Waals surface area contributed by atoms with Crippen LogP contribution in [0.2, 0.25) is 0 Å². The van der Waals surface area contributed by atoms with Crippen LogP contribution in [0.3, 0.4) is 0 Å². The number of Topliss-reactive ketones (excluding diaryl/α,β-unsaturated/α-hetero) is 1. The number of carbonyl (C=O) groups excluding carboxylic acids is 1. The van der Waals surface area contributed by atoms with E-state index in [9.17, 15) is 14.7 Å². The number of nitrogens with zero attached hydrogens (tertiary/aromatic N) is 1. The van der Waals surface area contributed by atoms with Gasteiger partial charge < -0.3 is 9.84 Å². The number of carboxylic acid groups (broad SMARTS) is 1. The number of hydrogen-bond donors (Lipinski definition) is 1. The second-order valence-electron chi connectivity index (χ2n) is 7.15. The predicted octanol–water partition coefficient (Wildman–Crippen LogP) is 1.56. The molecule has 3 saturated heterocycles. The summed E-state index contributed by atoms with van der Waals surface area (Å²) in [5.41, 5.74) is -1.52. The maximum absolute atomic E-state index is 13.1. The van der Waals surface area contributed by atoms with Crippen LogP contribution in [0, 0.1) is 17.3 Å². The van der Waals surface area contributed by atoms with E-state index in [2.05, 4.69) is 4.90 Å². The van der Waals surface area contributed by atoms with Crippen molar-refractivity contribution in [2.45, 2.75) is 44.6 Å². The van der Waals surface area contributed by atoms with E-state index in [4.69, 9.17) is 4.74 Å². The normalized spacial score (nSPS) is 46.0. The molecule has 1 saturated carbocycles. The summed E-state index contributed by atoms with van der Waals surface area (Å²) in [6.07, 6.45) is 4.18. The van der Waals surface area contributed by atoms with Crippen molar-refractivity contribution in [2.24, 2.45) is 17.3 Å². The molecule has 4 fully saturated rings. The number of fused-ring (bicyclic) bond motifs is 3. The number of piperidine rings is 3. The van der Waals surface area contributed by atoms with Crippen LogP contribution in [0.1, 0.15) is 39.0 Å². The first-order valence-corrected chi connectivity index (χ1v) is 7.98. The van der Waals surface area contributed by atoms with Gasteiger partial charge in [0.25, 0.3) is 0 Å². The van der Waals surface area contributed by atoms with Gasteiger partial charge in [-0.05, 0) is 45.7 Å². The molecule has 2 bridgehead atoms. The standard InChI is InChI=1S/C16H25NO4/c1-15(14(19)20)7-3-4-12(15)16(10-21-2)13(18)11-5-8-17(16)9-6-11/h11-12H,3-10H2,1-2H3,(H,19,20). The van der Waals surface area contributed by atoms with E-state index in [-0.39, 0.29) is 17.6 Å². The van der Waals surface area contributed by atoms with Gasteiger partial charge in [0.05, 0.1) is 12.0 Å². The van der Waals surface area contributed by atoms with Gasteiger partial charge in [-0.25, -0.2) is 0 Å². The minimum atomic E-state index is -0.814. The van der Waals surface area contributed by atoms with Crippen LogP contribution in [0.15, 0.2) is 0 Å². The lowest BCUT2D eigenvalue weighted by atomic mass is 9.60. The lowest BCUT2D eigenvalue weighted by molar-refractivity contribution is -0.173. The van der Waals surface area contributed by atoms with Gasteiger partial charge in [0.15, 0.2) is 5.78 Å². The number of ether oxygens (including phenoxy) is 1. The van der Waals surface area contributed by atoms with E-state index in [1.807, 2.05) is 6.92 Å². The van der Waals surface area contributed by atoms with E-state index in [0.29, 0.717) is 13.0 Å². The molecule has 3 aliphatic heterocycles. The fourth-order valence-corrected chi connectivity index (χ4v) is 5.11. The molecule has 0 aromatic carbocycles. The largest absolute Gasteiger partial charge is 0.481 e. The number of hydrogen-bond acceptors (Lipinski definition) is 4. The first-order valence-electron chi connectivity index (χ1n) is 7.98. The van der Waals surface area contributed by atoms with Gasteiger partial charge in [-0.1, -0.05) is 6.42 Å². The number of rotatable bonds is 4. The van der Waals surface area contributed by atoms with Gasteiger partial charge in [-0.3, -0.25) is 14.5 Å². The molecule has 3 heterocycles. The van der Waals surface area contributed by atoms with Crippen molar-refractivity contribution in [1.29, 1.82) is 0 Å². The molecular weight excluding hydrogens is 270 g/mol. The second kappa shape index (κ2) is 5.06. The molecule has 1 aliphatic carbocycles. The lowest BCUT2D eigenvalue weighted by Gasteiger charge is -2.57. The van der Waals surface area contributed by atoms with Crippen LogP contribution >= 0.6 is 0 Å². The van der Waals surface area contributed by atoms with E-state index < -0.39 is 16.9 Å². The zero-order chi connectivity index (χ0) is 15.3. The van der Waals surface area contributed by atoms with Gasteiger partial charge in [0.1, 0.15) is 5.54 Å². The third-order valence-electron chi connectivity index (χ3n) is 6.24. The third-order valence-corrected chi connectivity index (χ3v) is 6.24. The second-order valence-corrected chi connectivity index (χ2v) is 7.15. The smallest absolute Gasteiger partial charge is 0.309 e. The van der Waals surface area contributed by atoms with E-state index >= 15 is 0 Å². The summed E-state index contributed by atoms with van der Waals surface area (Å²) < 4.78 is 5.44. The molecule has 0 aromatic rings. The Kier molecular flexibility index (Phi) is 3.61. The molecule has 0 amide bonds. The average Bonchev–Trinajstić information content (AvgIpc) is 2.87. The van der Waals surface area contributed by atoms with Gasteiger partial charge >= 0.3 is 5.97 Å². The van der Waals surface area contributed by atoms with E-state index in [1.165, 1.54) is 0 Å². The van der Waals surface area contributed by atoms with Crippen molar-refractivity contribution >= 4 is 11.8 Å². The lowest BCUT2D eigenvalue weighted by Crippen LogP contribution is -2.72. The fourth-order valence-electron chi connectivity index (χ4n) is 5.11. The van der Waals surface area contributed by atoms with Crippen LogP contribution in [0.25, 0.3) is 0 Å². The topological polar surface area (TPSA) is 66.8 Å².